The van der Waals surface area contributed by atoms with Gasteiger partial charge in [-0.2, -0.15) is 4.98 Å². The van der Waals surface area contributed by atoms with Gasteiger partial charge in [0.2, 0.25) is 17.7 Å². The average Bonchev–Trinajstić information content (AvgIpc) is 2.75. The zero-order valence-corrected chi connectivity index (χ0v) is 16.8. The van der Waals surface area contributed by atoms with Crippen molar-refractivity contribution in [3.63, 3.8) is 0 Å². The molecule has 1 fully saturated rings. The standard InChI is InChI=1S/C22H24N6O2/c1-15-13-19(27-22(23)25-15)28-11-9-16(10-12-28)21(29)26-17-7-8-20(24-14-17)30-18-5-3-2-4-6-18/h2-8,13-14,16H,9-12H2,1H3,(H,26,29)(H2,23,25,27). The molecule has 2 aromatic heterocycles. The highest BCUT2D eigenvalue weighted by molar-refractivity contribution is 5.92. The van der Waals surface area contributed by atoms with Crippen molar-refractivity contribution in [1.82, 2.24) is 15.0 Å². The van der Waals surface area contributed by atoms with Gasteiger partial charge in [0, 0.05) is 36.8 Å². The molecule has 0 atom stereocenters. The monoisotopic (exact) mass is 404 g/mol. The number of carbonyl (C=O) groups is 1. The highest BCUT2D eigenvalue weighted by Gasteiger charge is 2.26. The van der Waals surface area contributed by atoms with Crippen LogP contribution in [-0.2, 0) is 4.79 Å². The van der Waals surface area contributed by atoms with Gasteiger partial charge in [0.25, 0.3) is 0 Å². The maximum Gasteiger partial charge on any atom is 0.227 e. The van der Waals surface area contributed by atoms with Crippen LogP contribution >= 0.6 is 0 Å². The van der Waals surface area contributed by atoms with Crippen molar-refractivity contribution in [3.8, 4) is 11.6 Å². The van der Waals surface area contributed by atoms with E-state index in [0.717, 1.165) is 37.4 Å². The summed E-state index contributed by atoms with van der Waals surface area (Å²) in [6.45, 7) is 3.39. The number of nitrogens with two attached hydrogens (primary N) is 1. The number of ether oxygens (including phenoxy) is 1. The molecule has 154 valence electrons. The maximum absolute atomic E-state index is 12.7. The highest BCUT2D eigenvalue weighted by atomic mass is 16.5. The highest BCUT2D eigenvalue weighted by Crippen LogP contribution is 2.25. The maximum atomic E-state index is 12.7. The zero-order chi connectivity index (χ0) is 20.9. The van der Waals surface area contributed by atoms with Crippen LogP contribution in [0.5, 0.6) is 11.6 Å². The number of aromatic nitrogens is 3. The Labute approximate surface area is 175 Å². The summed E-state index contributed by atoms with van der Waals surface area (Å²) < 4.78 is 5.68. The van der Waals surface area contributed by atoms with Gasteiger partial charge in [-0.15, -0.1) is 0 Å². The molecule has 0 unspecified atom stereocenters. The molecule has 0 aliphatic carbocycles. The van der Waals surface area contributed by atoms with Gasteiger partial charge in [0.1, 0.15) is 11.6 Å². The second-order valence-electron chi connectivity index (χ2n) is 7.28. The van der Waals surface area contributed by atoms with Crippen molar-refractivity contribution in [2.24, 2.45) is 5.92 Å². The minimum Gasteiger partial charge on any atom is -0.439 e. The van der Waals surface area contributed by atoms with Crippen LogP contribution in [0, 0.1) is 12.8 Å². The summed E-state index contributed by atoms with van der Waals surface area (Å²) in [6.07, 6.45) is 3.10. The molecule has 8 heteroatoms. The third kappa shape index (κ3) is 4.83. The molecular weight excluding hydrogens is 380 g/mol. The van der Waals surface area contributed by atoms with E-state index < -0.39 is 0 Å². The van der Waals surface area contributed by atoms with E-state index in [4.69, 9.17) is 10.5 Å². The molecule has 0 radical (unpaired) electrons. The SMILES string of the molecule is Cc1cc(N2CCC(C(=O)Nc3ccc(Oc4ccccc4)nc3)CC2)nc(N)n1. The molecule has 4 rings (SSSR count). The Morgan fingerprint density at radius 2 is 1.90 bits per heavy atom. The van der Waals surface area contributed by atoms with E-state index in [1.807, 2.05) is 43.3 Å². The molecule has 3 N–H and O–H groups in total. The van der Waals surface area contributed by atoms with Crippen LogP contribution in [0.1, 0.15) is 18.5 Å². The van der Waals surface area contributed by atoms with Gasteiger partial charge in [0.05, 0.1) is 11.9 Å². The summed E-state index contributed by atoms with van der Waals surface area (Å²) >= 11 is 0. The number of pyridine rings is 1. The third-order valence-corrected chi connectivity index (χ3v) is 5.02. The van der Waals surface area contributed by atoms with Gasteiger partial charge >= 0.3 is 0 Å². The molecule has 0 saturated carbocycles. The van der Waals surface area contributed by atoms with E-state index in [1.165, 1.54) is 0 Å². The molecular formula is C22H24N6O2. The van der Waals surface area contributed by atoms with Gasteiger partial charge < -0.3 is 20.7 Å². The molecule has 1 aromatic carbocycles. The summed E-state index contributed by atoms with van der Waals surface area (Å²) in [5.74, 6) is 2.24. The van der Waals surface area contributed by atoms with E-state index in [2.05, 4.69) is 25.2 Å². The second-order valence-corrected chi connectivity index (χ2v) is 7.28. The van der Waals surface area contributed by atoms with Gasteiger partial charge in [-0.05, 0) is 38.0 Å². The Kier molecular flexibility index (Phi) is 5.74. The van der Waals surface area contributed by atoms with Crippen molar-refractivity contribution in [2.75, 3.05) is 29.0 Å². The predicted molar refractivity (Wildman–Crippen MR) is 116 cm³/mol. The summed E-state index contributed by atoms with van der Waals surface area (Å²) in [4.78, 5) is 27.5. The molecule has 3 aromatic rings. The number of carbonyl (C=O) groups excluding carboxylic acids is 1. The zero-order valence-electron chi connectivity index (χ0n) is 16.8. The lowest BCUT2D eigenvalue weighted by molar-refractivity contribution is -0.120. The minimum atomic E-state index is -0.0539. The quantitative estimate of drug-likeness (QED) is 0.671. The number of nitrogens with zero attached hydrogens (tertiary/aromatic N) is 4. The number of hydrogen-bond acceptors (Lipinski definition) is 7. The molecule has 1 amide bonds. The topological polar surface area (TPSA) is 106 Å². The van der Waals surface area contributed by atoms with Crippen LogP contribution < -0.4 is 20.7 Å². The number of anilines is 3. The van der Waals surface area contributed by atoms with Crippen molar-refractivity contribution < 1.29 is 9.53 Å². The molecule has 3 heterocycles. The summed E-state index contributed by atoms with van der Waals surface area (Å²) in [5, 5.41) is 2.95. The van der Waals surface area contributed by atoms with Crippen LogP contribution in [0.3, 0.4) is 0 Å². The molecule has 1 saturated heterocycles. The summed E-state index contributed by atoms with van der Waals surface area (Å²) in [6, 6.07) is 14.9. The number of hydrogen-bond donors (Lipinski definition) is 2. The Morgan fingerprint density at radius 1 is 1.13 bits per heavy atom. The Hall–Kier alpha value is -3.68. The first-order chi connectivity index (χ1) is 14.6. The Morgan fingerprint density at radius 3 is 2.57 bits per heavy atom. The fraction of sp³-hybridized carbons (Fsp3) is 0.273. The number of aryl methyl sites for hydroxylation is 1. The number of benzene rings is 1. The van der Waals surface area contributed by atoms with Crippen LogP contribution in [-0.4, -0.2) is 33.9 Å². The number of amides is 1. The molecule has 0 bridgehead atoms. The fourth-order valence-electron chi connectivity index (χ4n) is 3.48. The van der Waals surface area contributed by atoms with E-state index in [0.29, 0.717) is 17.3 Å². The molecule has 1 aliphatic rings. The summed E-state index contributed by atoms with van der Waals surface area (Å²) in [5.41, 5.74) is 7.25. The van der Waals surface area contributed by atoms with E-state index >= 15 is 0 Å². The first kappa shape index (κ1) is 19.6. The molecule has 8 nitrogen and oxygen atoms in total. The number of para-hydroxylation sites is 1. The summed E-state index contributed by atoms with van der Waals surface area (Å²) in [7, 11) is 0. The van der Waals surface area contributed by atoms with Crippen LogP contribution in [0.25, 0.3) is 0 Å². The third-order valence-electron chi connectivity index (χ3n) is 5.02. The van der Waals surface area contributed by atoms with Gasteiger partial charge in [-0.3, -0.25) is 4.79 Å². The Balaban J connectivity index is 1.30. The van der Waals surface area contributed by atoms with Gasteiger partial charge in [-0.1, -0.05) is 18.2 Å². The smallest absolute Gasteiger partial charge is 0.227 e. The molecule has 30 heavy (non-hydrogen) atoms. The lowest BCUT2D eigenvalue weighted by atomic mass is 9.96. The lowest BCUT2D eigenvalue weighted by Crippen LogP contribution is -2.38. The molecule has 1 aliphatic heterocycles. The fourth-order valence-corrected chi connectivity index (χ4v) is 3.48. The largest absolute Gasteiger partial charge is 0.439 e. The van der Waals surface area contributed by atoms with Gasteiger partial charge in [-0.25, -0.2) is 9.97 Å². The van der Waals surface area contributed by atoms with Crippen molar-refractivity contribution >= 4 is 23.4 Å². The predicted octanol–water partition coefficient (Wildman–Crippen LogP) is 3.41. The number of piperidine rings is 1. The van der Waals surface area contributed by atoms with E-state index in [9.17, 15) is 4.79 Å². The van der Waals surface area contributed by atoms with E-state index in [-0.39, 0.29) is 17.8 Å². The normalized spacial score (nSPS) is 14.4. The van der Waals surface area contributed by atoms with Gasteiger partial charge in [0.15, 0.2) is 0 Å². The molecule has 0 spiro atoms. The van der Waals surface area contributed by atoms with Crippen LogP contribution in [0.2, 0.25) is 0 Å². The first-order valence-electron chi connectivity index (χ1n) is 9.93. The van der Waals surface area contributed by atoms with Crippen LogP contribution in [0.4, 0.5) is 17.5 Å². The number of nitrogens with one attached hydrogen (secondary N) is 1. The number of nitrogen functional groups attached to an aromatic ring is 1. The number of rotatable bonds is 5. The van der Waals surface area contributed by atoms with Crippen LogP contribution in [0.15, 0.2) is 54.7 Å². The van der Waals surface area contributed by atoms with Crippen molar-refractivity contribution in [1.29, 1.82) is 0 Å². The van der Waals surface area contributed by atoms with E-state index in [1.54, 1.807) is 18.3 Å². The Bertz CT molecular complexity index is 982. The van der Waals surface area contributed by atoms with Crippen molar-refractivity contribution in [2.45, 2.75) is 19.8 Å². The van der Waals surface area contributed by atoms with Crippen molar-refractivity contribution in [3.05, 3.63) is 60.4 Å². The lowest BCUT2D eigenvalue weighted by Gasteiger charge is -2.32. The minimum absolute atomic E-state index is 0.00607. The first-order valence-corrected chi connectivity index (χ1v) is 9.93. The second kappa shape index (κ2) is 8.77. The average molecular weight is 404 g/mol.